The fraction of sp³-hybridized carbons (Fsp3) is 0.667. The molecule has 0 unspecified atom stereocenters. The molecule has 1 aromatic heterocycles. The Hall–Kier alpha value is 1.25. The van der Waals surface area contributed by atoms with Gasteiger partial charge in [0.1, 0.15) is 22.9 Å². The van der Waals surface area contributed by atoms with Crippen molar-refractivity contribution in [2.75, 3.05) is 0 Å². The Morgan fingerprint density at radius 2 is 1.69 bits per heavy atom. The normalized spacial score (nSPS) is 13.4. The van der Waals surface area contributed by atoms with E-state index in [-0.39, 0.29) is 5.82 Å². The van der Waals surface area contributed by atoms with Gasteiger partial charge in [0.15, 0.2) is 0 Å². The quantitative estimate of drug-likeness (QED) is 0.542. The van der Waals surface area contributed by atoms with E-state index in [0.717, 1.165) is 3.01 Å². The van der Waals surface area contributed by atoms with E-state index in [1.807, 2.05) is 0 Å². The highest BCUT2D eigenvalue weighted by Gasteiger charge is 2.51. The minimum atomic E-state index is -1.92. The van der Waals surface area contributed by atoms with Gasteiger partial charge in [0.25, 0.3) is 0 Å². The average molecular weight is 396 g/mol. The van der Waals surface area contributed by atoms with E-state index in [0.29, 0.717) is 0 Å². The third-order valence-electron chi connectivity index (χ3n) is 1.03. The molecule has 0 atom stereocenters. The van der Waals surface area contributed by atoms with Crippen LogP contribution in [0.15, 0.2) is 0 Å². The molecule has 4 nitrogen and oxygen atoms in total. The average Bonchev–Trinajstić information content (AvgIpc) is 2.33. The molecule has 0 aliphatic rings. The zero-order chi connectivity index (χ0) is 10.3. The lowest BCUT2D eigenvalue weighted by Gasteiger charge is -2.23. The Bertz CT molecular complexity index is 305. The van der Waals surface area contributed by atoms with Gasteiger partial charge in [0.05, 0.1) is 0 Å². The smallest absolute Gasteiger partial charge is 0.123 e. The number of nitrogens with zero attached hydrogens (tertiary/aromatic N) is 4. The Balaban J connectivity index is 3.07. The molecule has 74 valence electrons. The van der Waals surface area contributed by atoms with Gasteiger partial charge in [-0.1, -0.05) is 58.0 Å². The van der Waals surface area contributed by atoms with Crippen molar-refractivity contribution in [3.05, 3.63) is 5.82 Å². The molecule has 13 heavy (non-hydrogen) atoms. The number of aromatic nitrogens is 4. The third-order valence-corrected chi connectivity index (χ3v) is 3.77. The molecule has 0 aromatic carbocycles. The number of tetrazole rings is 1. The van der Waals surface area contributed by atoms with Gasteiger partial charge in [-0.25, -0.2) is 0 Å². The van der Waals surface area contributed by atoms with Gasteiger partial charge in [-0.3, -0.25) is 0 Å². The van der Waals surface area contributed by atoms with Crippen molar-refractivity contribution in [1.82, 2.24) is 18.4 Å². The van der Waals surface area contributed by atoms with Crippen LogP contribution in [0.4, 0.5) is 0 Å². The van der Waals surface area contributed by atoms with Gasteiger partial charge < -0.3 is 0 Å². The Morgan fingerprint density at radius 1 is 1.15 bits per heavy atom. The lowest BCUT2D eigenvalue weighted by molar-refractivity contribution is 0.787. The minimum absolute atomic E-state index is 0.0646. The number of hydrogen-bond acceptors (Lipinski definition) is 3. The van der Waals surface area contributed by atoms with E-state index in [2.05, 4.69) is 15.4 Å². The Kier molecular flexibility index (Phi) is 3.81. The van der Waals surface area contributed by atoms with E-state index in [4.69, 9.17) is 58.0 Å². The molecule has 0 aliphatic carbocycles. The molecule has 1 rings (SSSR count). The monoisotopic (exact) mass is 394 g/mol. The molecule has 0 aliphatic heterocycles. The van der Waals surface area contributed by atoms with Crippen molar-refractivity contribution in [3.8, 4) is 0 Å². The lowest BCUT2D eigenvalue weighted by Crippen LogP contribution is -2.29. The van der Waals surface area contributed by atoms with Crippen LogP contribution in [0.5, 0.6) is 0 Å². The second-order valence-electron chi connectivity index (χ2n) is 1.93. The summed E-state index contributed by atoms with van der Waals surface area (Å²) in [5, 5.41) is 10.7. The van der Waals surface area contributed by atoms with Crippen LogP contribution in [0.25, 0.3) is 0 Å². The summed E-state index contributed by atoms with van der Waals surface area (Å²) in [4.78, 5) is 0. The van der Waals surface area contributed by atoms with Crippen molar-refractivity contribution in [2.24, 2.45) is 0 Å². The van der Waals surface area contributed by atoms with E-state index < -0.39 is 8.13 Å². The summed E-state index contributed by atoms with van der Waals surface area (Å²) in [5.74, 6) is -0.0646. The molecule has 0 saturated heterocycles. The van der Waals surface area contributed by atoms with Gasteiger partial charge in [0, 0.05) is 0 Å². The fourth-order valence-corrected chi connectivity index (χ4v) is 1.16. The number of alkyl halides is 5. The van der Waals surface area contributed by atoms with Crippen molar-refractivity contribution >= 4 is 80.9 Å². The summed E-state index contributed by atoms with van der Waals surface area (Å²) < 4.78 is -2.61. The first-order chi connectivity index (χ1) is 5.75. The van der Waals surface area contributed by atoms with Crippen molar-refractivity contribution in [2.45, 2.75) is 8.13 Å². The van der Waals surface area contributed by atoms with Crippen LogP contribution in [-0.2, 0) is 4.33 Å². The molecule has 0 fully saturated rings. The highest BCUT2D eigenvalue weighted by molar-refractivity contribution is 14.1. The molecule has 10 heteroatoms. The van der Waals surface area contributed by atoms with E-state index >= 15 is 0 Å². The molecule has 0 bridgehead atoms. The summed E-state index contributed by atoms with van der Waals surface area (Å²) >= 11 is 29.8. The summed E-state index contributed by atoms with van der Waals surface area (Å²) in [6.45, 7) is 0. The topological polar surface area (TPSA) is 43.6 Å². The molecule has 0 saturated carbocycles. The second-order valence-corrected chi connectivity index (χ2v) is 6.40. The largest absolute Gasteiger partial charge is 0.230 e. The maximum Gasteiger partial charge on any atom is 0.230 e. The van der Waals surface area contributed by atoms with Crippen LogP contribution in [0.1, 0.15) is 5.82 Å². The molecule has 0 spiro atoms. The van der Waals surface area contributed by atoms with Crippen LogP contribution in [0.2, 0.25) is 0 Å². The fourth-order valence-electron chi connectivity index (χ4n) is 0.450. The van der Waals surface area contributed by atoms with Gasteiger partial charge in [-0.15, -0.1) is 13.2 Å². The maximum absolute atomic E-state index is 5.74. The third kappa shape index (κ3) is 2.63. The summed E-state index contributed by atoms with van der Waals surface area (Å²) in [6.07, 6.45) is 0. The SMILES string of the molecule is ClC(Cl)(Cl)C(Cl)(Cl)c1nnn(I)n1. The second kappa shape index (κ2) is 4.02. The van der Waals surface area contributed by atoms with Crippen LogP contribution < -0.4 is 0 Å². The summed E-state index contributed by atoms with van der Waals surface area (Å²) in [6, 6.07) is 0. The lowest BCUT2D eigenvalue weighted by atomic mass is 10.4. The number of rotatable bonds is 1. The zero-order valence-electron chi connectivity index (χ0n) is 5.56. The molecular weight excluding hydrogens is 396 g/mol. The first-order valence-electron chi connectivity index (χ1n) is 2.66. The highest BCUT2D eigenvalue weighted by atomic mass is 127. The molecular formula is C3Cl5IN4. The summed E-state index contributed by atoms with van der Waals surface area (Å²) in [7, 11) is 0. The number of halogens is 6. The Morgan fingerprint density at radius 3 is 2.00 bits per heavy atom. The minimum Gasteiger partial charge on any atom is -0.123 e. The van der Waals surface area contributed by atoms with Crippen LogP contribution >= 0.6 is 80.9 Å². The molecule has 0 N–H and O–H groups in total. The first kappa shape index (κ1) is 12.3. The highest BCUT2D eigenvalue weighted by Crippen LogP contribution is 2.51. The standard InChI is InChI=1S/C3Cl5IN4/c4-2(5,3(6,7)8)1-10-12-13(9)11-1. The Labute approximate surface area is 112 Å². The predicted octanol–water partition coefficient (Wildman–Crippen LogP) is 2.87. The van der Waals surface area contributed by atoms with Crippen LogP contribution in [0.3, 0.4) is 0 Å². The van der Waals surface area contributed by atoms with E-state index in [1.165, 1.54) is 0 Å². The van der Waals surface area contributed by atoms with Crippen molar-refractivity contribution < 1.29 is 0 Å². The molecule has 0 amide bonds. The van der Waals surface area contributed by atoms with E-state index in [1.54, 1.807) is 22.9 Å². The zero-order valence-corrected chi connectivity index (χ0v) is 11.5. The van der Waals surface area contributed by atoms with Gasteiger partial charge in [-0.2, -0.15) is 0 Å². The molecule has 1 aromatic rings. The van der Waals surface area contributed by atoms with Crippen molar-refractivity contribution in [3.63, 3.8) is 0 Å². The van der Waals surface area contributed by atoms with Gasteiger partial charge in [0.2, 0.25) is 14.0 Å². The summed E-state index contributed by atoms with van der Waals surface area (Å²) in [5.41, 5.74) is 0. The van der Waals surface area contributed by atoms with Crippen molar-refractivity contribution in [1.29, 1.82) is 0 Å². The van der Waals surface area contributed by atoms with Crippen LogP contribution in [0, 0.1) is 0 Å². The predicted molar refractivity (Wildman–Crippen MR) is 60.9 cm³/mol. The maximum atomic E-state index is 5.74. The molecule has 0 radical (unpaired) electrons. The van der Waals surface area contributed by atoms with Gasteiger partial charge >= 0.3 is 0 Å². The van der Waals surface area contributed by atoms with Gasteiger partial charge in [-0.05, 0) is 5.21 Å². The molecule has 1 heterocycles. The van der Waals surface area contributed by atoms with E-state index in [9.17, 15) is 0 Å². The first-order valence-corrected chi connectivity index (χ1v) is 5.52. The number of hydrogen-bond donors (Lipinski definition) is 0. The van der Waals surface area contributed by atoms with Crippen LogP contribution in [-0.4, -0.2) is 22.2 Å².